The van der Waals surface area contributed by atoms with Crippen molar-refractivity contribution < 1.29 is 4.79 Å². The number of benzene rings is 1. The Morgan fingerprint density at radius 3 is 2.62 bits per heavy atom. The number of aromatic amines is 1. The Labute approximate surface area is 187 Å². The van der Waals surface area contributed by atoms with Gasteiger partial charge in [-0.2, -0.15) is 0 Å². The molecule has 1 aliphatic carbocycles. The molecule has 8 nitrogen and oxygen atoms in total. The van der Waals surface area contributed by atoms with E-state index in [1.54, 1.807) is 7.05 Å². The molecule has 0 aliphatic heterocycles. The van der Waals surface area contributed by atoms with E-state index >= 15 is 0 Å². The Kier molecular flexibility index (Phi) is 7.04. The van der Waals surface area contributed by atoms with Gasteiger partial charge < -0.3 is 21.4 Å². The number of carbonyl (C=O) groups excluding carboxylic acids is 1. The molecule has 1 aromatic carbocycles. The average molecular weight is 432 g/mol. The molecule has 8 heteroatoms. The van der Waals surface area contributed by atoms with Crippen molar-refractivity contribution in [1.82, 2.24) is 14.9 Å². The number of carbonyl (C=O) groups is 1. The zero-order chi connectivity index (χ0) is 23.3. The highest BCUT2D eigenvalue weighted by atomic mass is 16.2. The molecule has 1 fully saturated rings. The predicted molar refractivity (Wildman–Crippen MR) is 130 cm³/mol. The van der Waals surface area contributed by atoms with Gasteiger partial charge in [0.1, 0.15) is 17.2 Å². The Morgan fingerprint density at radius 2 is 2.06 bits per heavy atom. The van der Waals surface area contributed by atoms with Crippen LogP contribution in [-0.4, -0.2) is 46.0 Å². The number of rotatable bonds is 8. The van der Waals surface area contributed by atoms with Crippen LogP contribution < -0.4 is 11.1 Å². The van der Waals surface area contributed by atoms with Crippen molar-refractivity contribution in [1.29, 1.82) is 10.8 Å². The number of nitrogens with zero attached hydrogens (tertiary/aromatic N) is 2. The molecule has 32 heavy (non-hydrogen) atoms. The third kappa shape index (κ3) is 4.69. The van der Waals surface area contributed by atoms with Crippen molar-refractivity contribution in [3.8, 4) is 11.3 Å². The standard InChI is InChI=1S/C24H29N7O/c1-4-6-7-8-15(5-2)23-29-20(16-9-10-17(14-25)19(13-16)28-3)21(30-23)22(26)31(24(27)32)18-11-12-18/h4-10,13-14,18,25-26,28H,11-12H2,1-3H3,(H2,27,32)(H,29,30)/b6-4-,8-7-,15-5+,25-14?,26-22?. The summed E-state index contributed by atoms with van der Waals surface area (Å²) >= 11 is 0. The van der Waals surface area contributed by atoms with Gasteiger partial charge in [0, 0.05) is 41.7 Å². The van der Waals surface area contributed by atoms with Gasteiger partial charge in [0.25, 0.3) is 0 Å². The molecule has 3 rings (SSSR count). The molecular weight excluding hydrogens is 402 g/mol. The maximum absolute atomic E-state index is 12.1. The fourth-order valence-electron chi connectivity index (χ4n) is 3.44. The molecule has 0 unspecified atom stereocenters. The number of hydrogen-bond acceptors (Lipinski definition) is 5. The van der Waals surface area contributed by atoms with Gasteiger partial charge in [-0.3, -0.25) is 10.3 Å². The van der Waals surface area contributed by atoms with E-state index < -0.39 is 6.03 Å². The number of H-pyrrole nitrogens is 1. The Balaban J connectivity index is 2.16. The van der Waals surface area contributed by atoms with Crippen molar-refractivity contribution >= 4 is 29.3 Å². The summed E-state index contributed by atoms with van der Waals surface area (Å²) in [4.78, 5) is 21.5. The Morgan fingerprint density at radius 1 is 1.31 bits per heavy atom. The van der Waals surface area contributed by atoms with E-state index in [2.05, 4.69) is 10.3 Å². The zero-order valence-electron chi connectivity index (χ0n) is 18.6. The minimum atomic E-state index is -0.645. The Hall–Kier alpha value is -3.94. The number of nitrogens with two attached hydrogens (primary N) is 1. The number of anilines is 1. The first-order chi connectivity index (χ1) is 15.4. The number of allylic oxidation sites excluding steroid dienone is 6. The van der Waals surface area contributed by atoms with Crippen LogP contribution in [0.2, 0.25) is 0 Å². The van der Waals surface area contributed by atoms with Gasteiger partial charge in [-0.05, 0) is 32.8 Å². The molecule has 0 bridgehead atoms. The summed E-state index contributed by atoms with van der Waals surface area (Å²) < 4.78 is 0. The molecule has 1 saturated carbocycles. The highest BCUT2D eigenvalue weighted by Crippen LogP contribution is 2.32. The van der Waals surface area contributed by atoms with E-state index in [0.717, 1.165) is 35.2 Å². The molecule has 1 aromatic heterocycles. The second kappa shape index (κ2) is 9.91. The molecule has 2 aromatic rings. The smallest absolute Gasteiger partial charge is 0.320 e. The van der Waals surface area contributed by atoms with Crippen molar-refractivity contribution in [3.63, 3.8) is 0 Å². The molecule has 0 radical (unpaired) electrons. The average Bonchev–Trinajstić information content (AvgIpc) is 3.52. The number of urea groups is 1. The minimum absolute atomic E-state index is 0.00350. The first-order valence-corrected chi connectivity index (χ1v) is 10.5. The van der Waals surface area contributed by atoms with Gasteiger partial charge in [-0.1, -0.05) is 42.5 Å². The highest BCUT2D eigenvalue weighted by molar-refractivity contribution is 6.08. The molecular formula is C24H29N7O. The summed E-state index contributed by atoms with van der Waals surface area (Å²) in [6, 6.07) is 4.87. The van der Waals surface area contributed by atoms with E-state index in [9.17, 15) is 4.79 Å². The summed E-state index contributed by atoms with van der Waals surface area (Å²) in [5.74, 6) is 0.592. The molecule has 2 amide bonds. The van der Waals surface area contributed by atoms with E-state index in [0.29, 0.717) is 17.2 Å². The quantitative estimate of drug-likeness (QED) is 0.239. The molecule has 0 saturated heterocycles. The van der Waals surface area contributed by atoms with Crippen molar-refractivity contribution in [2.24, 2.45) is 5.73 Å². The molecule has 6 N–H and O–H groups in total. The summed E-state index contributed by atoms with van der Waals surface area (Å²) in [6.07, 6.45) is 12.6. The van der Waals surface area contributed by atoms with E-state index in [-0.39, 0.29) is 11.9 Å². The van der Waals surface area contributed by atoms with Crippen LogP contribution in [0, 0.1) is 10.8 Å². The van der Waals surface area contributed by atoms with Gasteiger partial charge >= 0.3 is 6.03 Å². The van der Waals surface area contributed by atoms with Crippen molar-refractivity contribution in [3.05, 3.63) is 65.7 Å². The topological polar surface area (TPSA) is 135 Å². The summed E-state index contributed by atoms with van der Waals surface area (Å²) in [7, 11) is 1.79. The first kappa shape index (κ1) is 22.7. The second-order valence-corrected chi connectivity index (χ2v) is 7.42. The third-order valence-electron chi connectivity index (χ3n) is 5.25. The number of aromatic nitrogens is 2. The number of amidine groups is 1. The van der Waals surface area contributed by atoms with Gasteiger partial charge in [-0.15, -0.1) is 0 Å². The number of primary amides is 1. The van der Waals surface area contributed by atoms with Crippen LogP contribution in [0.5, 0.6) is 0 Å². The van der Waals surface area contributed by atoms with Crippen molar-refractivity contribution in [2.45, 2.75) is 32.7 Å². The van der Waals surface area contributed by atoms with Gasteiger partial charge in [0.05, 0.1) is 0 Å². The summed E-state index contributed by atoms with van der Waals surface area (Å²) in [5, 5.41) is 19.5. The van der Waals surface area contributed by atoms with Crippen LogP contribution in [0.1, 0.15) is 43.8 Å². The van der Waals surface area contributed by atoms with Gasteiger partial charge in [0.2, 0.25) is 0 Å². The van der Waals surface area contributed by atoms with Crippen LogP contribution >= 0.6 is 0 Å². The summed E-state index contributed by atoms with van der Waals surface area (Å²) in [6.45, 7) is 3.86. The van der Waals surface area contributed by atoms with Crippen LogP contribution in [0.3, 0.4) is 0 Å². The number of imidazole rings is 1. The SMILES string of the molecule is C\C=C/C=C\C(=C/C)c1nc(-c2ccc(C=N)c(NC)c2)c(C(=N)N(C(N)=O)C2CC2)[nH]1. The lowest BCUT2D eigenvalue weighted by Crippen LogP contribution is -2.42. The predicted octanol–water partition coefficient (Wildman–Crippen LogP) is 4.52. The molecule has 1 aliphatic rings. The molecule has 0 spiro atoms. The van der Waals surface area contributed by atoms with Crippen molar-refractivity contribution in [2.75, 3.05) is 12.4 Å². The maximum atomic E-state index is 12.1. The maximum Gasteiger partial charge on any atom is 0.320 e. The largest absolute Gasteiger partial charge is 0.388 e. The van der Waals surface area contributed by atoms with E-state index in [1.165, 1.54) is 11.1 Å². The second-order valence-electron chi connectivity index (χ2n) is 7.42. The van der Waals surface area contributed by atoms with Crippen LogP contribution in [0.15, 0.2) is 48.6 Å². The molecule has 0 atom stereocenters. The number of hydrogen-bond donors (Lipinski definition) is 5. The molecule has 1 heterocycles. The fraction of sp³-hybridized carbons (Fsp3) is 0.250. The molecule has 166 valence electrons. The zero-order valence-corrected chi connectivity index (χ0v) is 18.6. The number of amides is 2. The van der Waals surface area contributed by atoms with Crippen LogP contribution in [-0.2, 0) is 0 Å². The number of nitrogens with one attached hydrogen (secondary N) is 4. The monoisotopic (exact) mass is 431 g/mol. The Bertz CT molecular complexity index is 1120. The summed E-state index contributed by atoms with van der Waals surface area (Å²) in [5.41, 5.74) is 9.70. The fourth-order valence-corrected chi connectivity index (χ4v) is 3.44. The lowest BCUT2D eigenvalue weighted by molar-refractivity contribution is 0.228. The minimum Gasteiger partial charge on any atom is -0.388 e. The van der Waals surface area contributed by atoms with Gasteiger partial charge in [0.15, 0.2) is 5.84 Å². The lowest BCUT2D eigenvalue weighted by atomic mass is 10.0. The highest BCUT2D eigenvalue weighted by Gasteiger charge is 2.36. The van der Waals surface area contributed by atoms with Crippen LogP contribution in [0.25, 0.3) is 16.8 Å². The van der Waals surface area contributed by atoms with E-state index in [1.807, 2.05) is 62.4 Å². The normalized spacial score (nSPS) is 14.2. The van der Waals surface area contributed by atoms with E-state index in [4.69, 9.17) is 21.5 Å². The van der Waals surface area contributed by atoms with Crippen LogP contribution in [0.4, 0.5) is 10.5 Å². The van der Waals surface area contributed by atoms with Gasteiger partial charge in [-0.25, -0.2) is 9.78 Å². The third-order valence-corrected chi connectivity index (χ3v) is 5.25. The lowest BCUT2D eigenvalue weighted by Gasteiger charge is -2.20. The first-order valence-electron chi connectivity index (χ1n) is 10.5.